The molecule has 0 spiro atoms. The van der Waals surface area contributed by atoms with Crippen molar-refractivity contribution in [2.75, 3.05) is 30.6 Å². The quantitative estimate of drug-likeness (QED) is 0.512. The molecule has 0 bridgehead atoms. The first-order valence-corrected chi connectivity index (χ1v) is 5.96. The van der Waals surface area contributed by atoms with Crippen LogP contribution in [0.4, 0.5) is 11.6 Å². The Kier molecular flexibility index (Phi) is 3.83. The number of anilines is 2. The second-order valence-electron chi connectivity index (χ2n) is 4.43. The van der Waals surface area contributed by atoms with Gasteiger partial charge in [0.2, 0.25) is 5.75 Å². The second-order valence-corrected chi connectivity index (χ2v) is 4.43. The van der Waals surface area contributed by atoms with Crippen molar-refractivity contribution < 1.29 is 9.84 Å². The zero-order valence-corrected chi connectivity index (χ0v) is 10.6. The van der Waals surface area contributed by atoms with E-state index in [4.69, 9.17) is 10.6 Å². The van der Waals surface area contributed by atoms with E-state index in [1.165, 1.54) is 6.33 Å². The summed E-state index contributed by atoms with van der Waals surface area (Å²) in [5, 5.41) is 9.49. The van der Waals surface area contributed by atoms with E-state index in [-0.39, 0.29) is 12.6 Å². The zero-order valence-electron chi connectivity index (χ0n) is 10.6. The third-order valence-corrected chi connectivity index (χ3v) is 3.47. The molecule has 7 nitrogen and oxygen atoms in total. The molecule has 0 amide bonds. The standard InChI is InChI=1S/C11H19N5O2/c1-7-3-4-16(8(7)5-17)11-9(18-2)10(15-12)13-6-14-11/h6-8,17H,3-5,12H2,1-2H3,(H,13,14,15). The summed E-state index contributed by atoms with van der Waals surface area (Å²) in [5.41, 5.74) is 2.49. The maximum Gasteiger partial charge on any atom is 0.205 e. The molecule has 2 unspecified atom stereocenters. The molecule has 100 valence electrons. The minimum Gasteiger partial charge on any atom is -0.490 e. The predicted molar refractivity (Wildman–Crippen MR) is 68.4 cm³/mol. The normalized spacial score (nSPS) is 23.2. The molecule has 1 aromatic rings. The molecule has 1 aliphatic rings. The Bertz CT molecular complexity index is 414. The van der Waals surface area contributed by atoms with Gasteiger partial charge in [-0.2, -0.15) is 0 Å². The van der Waals surface area contributed by atoms with Crippen LogP contribution in [0.3, 0.4) is 0 Å². The largest absolute Gasteiger partial charge is 0.490 e. The molecule has 2 atom stereocenters. The lowest BCUT2D eigenvalue weighted by Gasteiger charge is -2.27. The van der Waals surface area contributed by atoms with Gasteiger partial charge in [0.1, 0.15) is 6.33 Å². The maximum atomic E-state index is 9.49. The molecular formula is C11H19N5O2. The van der Waals surface area contributed by atoms with Gasteiger partial charge in [-0.1, -0.05) is 6.92 Å². The minimum atomic E-state index is 0.0550. The van der Waals surface area contributed by atoms with Crippen LogP contribution in [0.5, 0.6) is 5.75 Å². The van der Waals surface area contributed by atoms with Gasteiger partial charge in [-0.15, -0.1) is 0 Å². The fraction of sp³-hybridized carbons (Fsp3) is 0.636. The van der Waals surface area contributed by atoms with Gasteiger partial charge in [-0.3, -0.25) is 0 Å². The first kappa shape index (κ1) is 12.8. The van der Waals surface area contributed by atoms with Crippen LogP contribution in [0.25, 0.3) is 0 Å². The highest BCUT2D eigenvalue weighted by Crippen LogP contribution is 2.36. The van der Waals surface area contributed by atoms with Crippen molar-refractivity contribution in [1.82, 2.24) is 9.97 Å². The SMILES string of the molecule is COc1c(NN)ncnc1N1CCC(C)C1CO. The lowest BCUT2D eigenvalue weighted by atomic mass is 10.0. The van der Waals surface area contributed by atoms with Gasteiger partial charge in [-0.05, 0) is 12.3 Å². The van der Waals surface area contributed by atoms with Gasteiger partial charge < -0.3 is 20.2 Å². The van der Waals surface area contributed by atoms with E-state index in [1.807, 2.05) is 4.90 Å². The highest BCUT2D eigenvalue weighted by Gasteiger charge is 2.33. The molecule has 1 aromatic heterocycles. The lowest BCUT2D eigenvalue weighted by Crippen LogP contribution is -2.36. The average molecular weight is 253 g/mol. The molecule has 2 heterocycles. The summed E-state index contributed by atoms with van der Waals surface area (Å²) >= 11 is 0. The molecule has 0 aliphatic carbocycles. The Morgan fingerprint density at radius 1 is 1.61 bits per heavy atom. The van der Waals surface area contributed by atoms with Crippen LogP contribution in [0.1, 0.15) is 13.3 Å². The van der Waals surface area contributed by atoms with Gasteiger partial charge in [0.05, 0.1) is 19.8 Å². The Morgan fingerprint density at radius 3 is 3.00 bits per heavy atom. The van der Waals surface area contributed by atoms with E-state index in [1.54, 1.807) is 7.11 Å². The first-order valence-electron chi connectivity index (χ1n) is 5.96. The molecule has 0 radical (unpaired) electrons. The van der Waals surface area contributed by atoms with Crippen LogP contribution in [0.15, 0.2) is 6.33 Å². The maximum absolute atomic E-state index is 9.49. The number of nitrogens with two attached hydrogens (primary N) is 1. The van der Waals surface area contributed by atoms with Crippen molar-refractivity contribution in [3.05, 3.63) is 6.33 Å². The number of aliphatic hydroxyl groups is 1. The van der Waals surface area contributed by atoms with Crippen LogP contribution in [0, 0.1) is 5.92 Å². The summed E-state index contributed by atoms with van der Waals surface area (Å²) in [6.07, 6.45) is 2.45. The summed E-state index contributed by atoms with van der Waals surface area (Å²) in [7, 11) is 1.55. The topological polar surface area (TPSA) is 96.5 Å². The Hall–Kier alpha value is -1.60. The van der Waals surface area contributed by atoms with Crippen LogP contribution in [0.2, 0.25) is 0 Å². The highest BCUT2D eigenvalue weighted by molar-refractivity contribution is 5.65. The summed E-state index contributed by atoms with van der Waals surface area (Å²) < 4.78 is 5.32. The smallest absolute Gasteiger partial charge is 0.205 e. The van der Waals surface area contributed by atoms with Crippen LogP contribution >= 0.6 is 0 Å². The van der Waals surface area contributed by atoms with Crippen molar-refractivity contribution in [3.63, 3.8) is 0 Å². The predicted octanol–water partition coefficient (Wildman–Crippen LogP) is -0.0221. The number of nitrogen functional groups attached to an aromatic ring is 1. The third-order valence-electron chi connectivity index (χ3n) is 3.47. The van der Waals surface area contributed by atoms with E-state index in [0.29, 0.717) is 23.3 Å². The number of ether oxygens (including phenoxy) is 1. The zero-order chi connectivity index (χ0) is 13.1. The van der Waals surface area contributed by atoms with Crippen molar-refractivity contribution in [1.29, 1.82) is 0 Å². The molecule has 1 fully saturated rings. The molecular weight excluding hydrogens is 234 g/mol. The molecule has 1 aliphatic heterocycles. The molecule has 7 heteroatoms. The fourth-order valence-electron chi connectivity index (χ4n) is 2.41. The number of methoxy groups -OCH3 is 1. The number of hydrogen-bond donors (Lipinski definition) is 3. The highest BCUT2D eigenvalue weighted by atomic mass is 16.5. The van der Waals surface area contributed by atoms with Crippen LogP contribution in [-0.4, -0.2) is 41.4 Å². The second kappa shape index (κ2) is 5.36. The van der Waals surface area contributed by atoms with E-state index in [9.17, 15) is 5.11 Å². The average Bonchev–Trinajstić information content (AvgIpc) is 2.78. The Labute approximate surface area is 106 Å². The number of rotatable bonds is 4. The molecule has 4 N–H and O–H groups in total. The Balaban J connectivity index is 2.38. The van der Waals surface area contributed by atoms with Crippen molar-refractivity contribution in [3.8, 4) is 5.75 Å². The van der Waals surface area contributed by atoms with Crippen LogP contribution < -0.4 is 20.9 Å². The molecule has 0 saturated carbocycles. The fourth-order valence-corrected chi connectivity index (χ4v) is 2.41. The molecule has 0 aromatic carbocycles. The molecule has 2 rings (SSSR count). The van der Waals surface area contributed by atoms with Gasteiger partial charge in [0.15, 0.2) is 11.6 Å². The van der Waals surface area contributed by atoms with Gasteiger partial charge in [0.25, 0.3) is 0 Å². The first-order chi connectivity index (χ1) is 8.72. The van der Waals surface area contributed by atoms with Gasteiger partial charge >= 0.3 is 0 Å². The van der Waals surface area contributed by atoms with E-state index >= 15 is 0 Å². The number of nitrogens with zero attached hydrogens (tertiary/aromatic N) is 3. The monoisotopic (exact) mass is 253 g/mol. The molecule has 18 heavy (non-hydrogen) atoms. The number of hydrogen-bond acceptors (Lipinski definition) is 7. The molecule has 1 saturated heterocycles. The van der Waals surface area contributed by atoms with Crippen molar-refractivity contribution in [2.24, 2.45) is 11.8 Å². The van der Waals surface area contributed by atoms with Crippen molar-refractivity contribution in [2.45, 2.75) is 19.4 Å². The minimum absolute atomic E-state index is 0.0550. The number of aliphatic hydroxyl groups excluding tert-OH is 1. The number of hydrazine groups is 1. The van der Waals surface area contributed by atoms with E-state index in [0.717, 1.165) is 13.0 Å². The number of aromatic nitrogens is 2. The lowest BCUT2D eigenvalue weighted by molar-refractivity contribution is 0.244. The number of nitrogens with one attached hydrogen (secondary N) is 1. The third kappa shape index (κ3) is 2.06. The summed E-state index contributed by atoms with van der Waals surface area (Å²) in [5.74, 6) is 7.44. The van der Waals surface area contributed by atoms with Crippen molar-refractivity contribution >= 4 is 11.6 Å². The Morgan fingerprint density at radius 2 is 2.39 bits per heavy atom. The van der Waals surface area contributed by atoms with Gasteiger partial charge in [0, 0.05) is 6.54 Å². The van der Waals surface area contributed by atoms with E-state index in [2.05, 4.69) is 22.3 Å². The summed E-state index contributed by atoms with van der Waals surface area (Å²) in [6, 6.07) is 0.0550. The summed E-state index contributed by atoms with van der Waals surface area (Å²) in [6.45, 7) is 3.06. The summed E-state index contributed by atoms with van der Waals surface area (Å²) in [4.78, 5) is 10.3. The van der Waals surface area contributed by atoms with E-state index < -0.39 is 0 Å². The van der Waals surface area contributed by atoms with Crippen LogP contribution in [-0.2, 0) is 0 Å². The van der Waals surface area contributed by atoms with Gasteiger partial charge in [-0.25, -0.2) is 15.8 Å².